The number of esters is 1. The van der Waals surface area contributed by atoms with Crippen molar-refractivity contribution in [3.63, 3.8) is 0 Å². The van der Waals surface area contributed by atoms with Gasteiger partial charge in [-0.2, -0.15) is 0 Å². The fraction of sp³-hybridized carbons (Fsp3) is 0.300. The highest BCUT2D eigenvalue weighted by atomic mass is 35.5. The summed E-state index contributed by atoms with van der Waals surface area (Å²) in [6.07, 6.45) is 3.65. The molecule has 2 aromatic carbocycles. The fourth-order valence-electron chi connectivity index (χ4n) is 2.97. The molecule has 0 unspecified atom stereocenters. The van der Waals surface area contributed by atoms with E-state index in [1.165, 1.54) is 31.4 Å². The number of anilines is 2. The summed E-state index contributed by atoms with van der Waals surface area (Å²) in [5, 5.41) is 2.83. The van der Waals surface area contributed by atoms with Crippen molar-refractivity contribution in [3.8, 4) is 0 Å². The average molecular weight is 391 g/mol. The number of benzene rings is 2. The Morgan fingerprint density at radius 2 is 1.78 bits per heavy atom. The predicted octanol–water partition coefficient (Wildman–Crippen LogP) is 4.26. The zero-order valence-corrected chi connectivity index (χ0v) is 15.5. The molecule has 3 rings (SSSR count). The normalized spacial score (nSPS) is 13.9. The SMILES string of the molecule is O=C(COC(=O)c1ccc(Cl)cc1F)Nc1ccc(N2CCCCC2)cc1. The number of ether oxygens (including phenoxy) is 1. The van der Waals surface area contributed by atoms with Gasteiger partial charge in [0.15, 0.2) is 6.61 Å². The van der Waals surface area contributed by atoms with Gasteiger partial charge >= 0.3 is 5.97 Å². The van der Waals surface area contributed by atoms with E-state index in [1.807, 2.05) is 24.3 Å². The number of piperidine rings is 1. The zero-order chi connectivity index (χ0) is 19.2. The van der Waals surface area contributed by atoms with Crippen molar-refractivity contribution in [1.82, 2.24) is 0 Å². The van der Waals surface area contributed by atoms with Crippen LogP contribution in [0.2, 0.25) is 5.02 Å². The topological polar surface area (TPSA) is 58.6 Å². The summed E-state index contributed by atoms with van der Waals surface area (Å²) in [7, 11) is 0. The first-order valence-corrected chi connectivity index (χ1v) is 9.18. The summed E-state index contributed by atoms with van der Waals surface area (Å²) >= 11 is 5.64. The molecule has 0 aliphatic carbocycles. The van der Waals surface area contributed by atoms with Crippen molar-refractivity contribution in [1.29, 1.82) is 0 Å². The molecule has 27 heavy (non-hydrogen) atoms. The zero-order valence-electron chi connectivity index (χ0n) is 14.7. The molecule has 1 saturated heterocycles. The molecular formula is C20H20ClFN2O3. The molecule has 142 valence electrons. The summed E-state index contributed by atoms with van der Waals surface area (Å²) in [5.41, 5.74) is 1.46. The maximum atomic E-state index is 13.7. The van der Waals surface area contributed by atoms with E-state index in [4.69, 9.17) is 16.3 Å². The van der Waals surface area contributed by atoms with Crippen LogP contribution in [0.5, 0.6) is 0 Å². The van der Waals surface area contributed by atoms with Gasteiger partial charge in [0.25, 0.3) is 5.91 Å². The van der Waals surface area contributed by atoms with Gasteiger partial charge in [-0.25, -0.2) is 9.18 Å². The molecule has 1 aliphatic heterocycles. The summed E-state index contributed by atoms with van der Waals surface area (Å²) in [6, 6.07) is 11.1. The first-order valence-electron chi connectivity index (χ1n) is 8.80. The third-order valence-corrected chi connectivity index (χ3v) is 4.59. The Morgan fingerprint density at radius 1 is 1.07 bits per heavy atom. The summed E-state index contributed by atoms with van der Waals surface area (Å²) in [5.74, 6) is -2.20. The minimum atomic E-state index is -0.917. The van der Waals surface area contributed by atoms with Crippen LogP contribution >= 0.6 is 11.6 Å². The molecule has 0 aromatic heterocycles. The lowest BCUT2D eigenvalue weighted by Gasteiger charge is -2.28. The van der Waals surface area contributed by atoms with Gasteiger partial charge < -0.3 is 15.0 Å². The first-order chi connectivity index (χ1) is 13.0. The van der Waals surface area contributed by atoms with Gasteiger partial charge in [0.05, 0.1) is 5.56 Å². The largest absolute Gasteiger partial charge is 0.452 e. The Bertz CT molecular complexity index is 820. The highest BCUT2D eigenvalue weighted by molar-refractivity contribution is 6.30. The lowest BCUT2D eigenvalue weighted by atomic mass is 10.1. The Labute approximate surface area is 162 Å². The standard InChI is InChI=1S/C20H20ClFN2O3/c21-14-4-9-17(18(22)12-14)20(26)27-13-19(25)23-15-5-7-16(8-6-15)24-10-2-1-3-11-24/h4-9,12H,1-3,10-11,13H2,(H,23,25). The van der Waals surface area contributed by atoms with Crippen LogP contribution < -0.4 is 10.2 Å². The van der Waals surface area contributed by atoms with Crippen molar-refractivity contribution in [2.45, 2.75) is 19.3 Å². The third-order valence-electron chi connectivity index (χ3n) is 4.36. The second-order valence-corrected chi connectivity index (χ2v) is 6.78. The molecule has 0 saturated carbocycles. The average Bonchev–Trinajstić information content (AvgIpc) is 2.67. The lowest BCUT2D eigenvalue weighted by Crippen LogP contribution is -2.29. The smallest absolute Gasteiger partial charge is 0.341 e. The number of halogens is 2. The van der Waals surface area contributed by atoms with Crippen LogP contribution in [0.15, 0.2) is 42.5 Å². The number of rotatable bonds is 5. The van der Waals surface area contributed by atoms with Crippen LogP contribution in [-0.4, -0.2) is 31.6 Å². The van der Waals surface area contributed by atoms with Crippen molar-refractivity contribution in [2.24, 2.45) is 0 Å². The number of hydrogen-bond donors (Lipinski definition) is 1. The van der Waals surface area contributed by atoms with Gasteiger partial charge in [0.1, 0.15) is 5.82 Å². The molecule has 0 spiro atoms. The van der Waals surface area contributed by atoms with Crippen LogP contribution in [-0.2, 0) is 9.53 Å². The van der Waals surface area contributed by atoms with E-state index in [9.17, 15) is 14.0 Å². The van der Waals surface area contributed by atoms with Crippen LogP contribution in [0, 0.1) is 5.82 Å². The molecule has 1 fully saturated rings. The minimum Gasteiger partial charge on any atom is -0.452 e. The quantitative estimate of drug-likeness (QED) is 0.775. The van der Waals surface area contributed by atoms with Gasteiger partial charge in [-0.05, 0) is 61.7 Å². The summed E-state index contributed by atoms with van der Waals surface area (Å²) in [6.45, 7) is 1.58. The minimum absolute atomic E-state index is 0.176. The molecule has 0 bridgehead atoms. The van der Waals surface area contributed by atoms with Crippen molar-refractivity contribution < 1.29 is 18.7 Å². The monoisotopic (exact) mass is 390 g/mol. The van der Waals surface area contributed by atoms with Crippen molar-refractivity contribution >= 4 is 34.9 Å². The molecule has 5 nitrogen and oxygen atoms in total. The van der Waals surface area contributed by atoms with Crippen LogP contribution in [0.1, 0.15) is 29.6 Å². The molecule has 1 amide bonds. The number of nitrogens with one attached hydrogen (secondary N) is 1. The Hall–Kier alpha value is -2.60. The summed E-state index contributed by atoms with van der Waals surface area (Å²) in [4.78, 5) is 26.1. The highest BCUT2D eigenvalue weighted by Gasteiger charge is 2.15. The van der Waals surface area contributed by atoms with Crippen molar-refractivity contribution in [3.05, 3.63) is 58.9 Å². The van der Waals surface area contributed by atoms with E-state index in [0.29, 0.717) is 5.69 Å². The Balaban J connectivity index is 1.50. The number of nitrogens with zero attached hydrogens (tertiary/aromatic N) is 1. The lowest BCUT2D eigenvalue weighted by molar-refractivity contribution is -0.119. The molecule has 0 atom stereocenters. The van der Waals surface area contributed by atoms with Gasteiger partial charge in [-0.15, -0.1) is 0 Å². The van der Waals surface area contributed by atoms with E-state index in [2.05, 4.69) is 10.2 Å². The fourth-order valence-corrected chi connectivity index (χ4v) is 3.13. The molecule has 1 aliphatic rings. The molecule has 7 heteroatoms. The van der Waals surface area contributed by atoms with E-state index < -0.39 is 24.3 Å². The number of amides is 1. The van der Waals surface area contributed by atoms with E-state index in [-0.39, 0.29) is 10.6 Å². The van der Waals surface area contributed by atoms with Crippen LogP contribution in [0.3, 0.4) is 0 Å². The molecule has 0 radical (unpaired) electrons. The van der Waals surface area contributed by atoms with Crippen molar-refractivity contribution in [2.75, 3.05) is 29.9 Å². The van der Waals surface area contributed by atoms with Gasteiger partial charge in [-0.3, -0.25) is 4.79 Å². The first kappa shape index (κ1) is 19.2. The Morgan fingerprint density at radius 3 is 2.44 bits per heavy atom. The second-order valence-electron chi connectivity index (χ2n) is 6.34. The highest BCUT2D eigenvalue weighted by Crippen LogP contribution is 2.22. The van der Waals surface area contributed by atoms with Gasteiger partial charge in [0.2, 0.25) is 0 Å². The molecule has 2 aromatic rings. The second kappa shape index (κ2) is 8.86. The van der Waals surface area contributed by atoms with E-state index in [0.717, 1.165) is 24.8 Å². The van der Waals surface area contributed by atoms with Crippen LogP contribution in [0.25, 0.3) is 0 Å². The van der Waals surface area contributed by atoms with E-state index in [1.54, 1.807) is 0 Å². The maximum Gasteiger partial charge on any atom is 0.341 e. The number of carbonyl (C=O) groups excluding carboxylic acids is 2. The maximum absolute atomic E-state index is 13.7. The summed E-state index contributed by atoms with van der Waals surface area (Å²) < 4.78 is 18.5. The van der Waals surface area contributed by atoms with Crippen LogP contribution in [0.4, 0.5) is 15.8 Å². The van der Waals surface area contributed by atoms with E-state index >= 15 is 0 Å². The van der Waals surface area contributed by atoms with Gasteiger partial charge in [0, 0.05) is 29.5 Å². The third kappa shape index (κ3) is 5.20. The Kier molecular flexibility index (Phi) is 6.29. The number of hydrogen-bond acceptors (Lipinski definition) is 4. The van der Waals surface area contributed by atoms with Gasteiger partial charge in [-0.1, -0.05) is 11.6 Å². The number of carbonyl (C=O) groups is 2. The molecule has 1 N–H and O–H groups in total. The molecule has 1 heterocycles. The molecular weight excluding hydrogens is 371 g/mol. The predicted molar refractivity (Wildman–Crippen MR) is 103 cm³/mol.